The molecule has 0 aliphatic heterocycles. The number of hydrogen-bond donors (Lipinski definition) is 0. The lowest BCUT2D eigenvalue weighted by atomic mass is 9.95. The number of unbranched alkanes of at least 4 members (excludes halogenated alkanes) is 4. The quantitative estimate of drug-likeness (QED) is 0.282. The average Bonchev–Trinajstić information content (AvgIpc) is 2.47. The summed E-state index contributed by atoms with van der Waals surface area (Å²) in [7, 11) is 0. The molecule has 0 spiro atoms. The first kappa shape index (κ1) is 20.4. The summed E-state index contributed by atoms with van der Waals surface area (Å²) in [4.78, 5) is 0. The van der Waals surface area contributed by atoms with Gasteiger partial charge < -0.3 is 0 Å². The molecule has 0 nitrogen and oxygen atoms in total. The van der Waals surface area contributed by atoms with Crippen LogP contribution in [0.5, 0.6) is 0 Å². The average molecular weight is 384 g/mol. The van der Waals surface area contributed by atoms with Gasteiger partial charge in [0.15, 0.2) is 0 Å². The van der Waals surface area contributed by atoms with Crippen molar-refractivity contribution in [3.05, 3.63) is 35.4 Å². The summed E-state index contributed by atoms with van der Waals surface area (Å²) in [6, 6.07) is 7.77. The van der Waals surface area contributed by atoms with Crippen LogP contribution in [0.1, 0.15) is 76.3 Å². The van der Waals surface area contributed by atoms with E-state index in [4.69, 9.17) is 46.4 Å². The molecular formula is C18H26Cl4. The van der Waals surface area contributed by atoms with Gasteiger partial charge in [0, 0.05) is 0 Å². The third-order valence-electron chi connectivity index (χ3n) is 3.90. The van der Waals surface area contributed by atoms with Crippen LogP contribution in [0.2, 0.25) is 0 Å². The molecule has 0 fully saturated rings. The van der Waals surface area contributed by atoms with E-state index in [-0.39, 0.29) is 0 Å². The molecule has 0 aromatic heterocycles. The van der Waals surface area contributed by atoms with Crippen LogP contribution in [-0.2, 0) is 8.67 Å². The second-order valence-corrected chi connectivity index (χ2v) is 8.84. The van der Waals surface area contributed by atoms with E-state index in [2.05, 4.69) is 13.8 Å². The molecular weight excluding hydrogens is 358 g/mol. The summed E-state index contributed by atoms with van der Waals surface area (Å²) in [5.74, 6) is 0. The van der Waals surface area contributed by atoms with E-state index < -0.39 is 8.67 Å². The van der Waals surface area contributed by atoms with Gasteiger partial charge in [0.25, 0.3) is 0 Å². The van der Waals surface area contributed by atoms with Crippen LogP contribution in [0.25, 0.3) is 0 Å². The predicted molar refractivity (Wildman–Crippen MR) is 101 cm³/mol. The first-order valence-corrected chi connectivity index (χ1v) is 9.72. The second kappa shape index (κ2) is 9.62. The highest BCUT2D eigenvalue weighted by Crippen LogP contribution is 2.48. The van der Waals surface area contributed by atoms with Gasteiger partial charge in [-0.15, -0.1) is 0 Å². The lowest BCUT2D eigenvalue weighted by Gasteiger charge is -2.29. The Bertz CT molecular complexity index is 399. The summed E-state index contributed by atoms with van der Waals surface area (Å²) in [5.41, 5.74) is 1.69. The number of halogens is 4. The van der Waals surface area contributed by atoms with Crippen molar-refractivity contribution >= 4 is 46.4 Å². The molecule has 126 valence electrons. The van der Waals surface area contributed by atoms with E-state index in [0.29, 0.717) is 12.8 Å². The Morgan fingerprint density at radius 3 is 1.36 bits per heavy atom. The minimum atomic E-state index is -0.939. The fraction of sp³-hybridized carbons (Fsp3) is 0.667. The van der Waals surface area contributed by atoms with Gasteiger partial charge >= 0.3 is 0 Å². The van der Waals surface area contributed by atoms with E-state index in [0.717, 1.165) is 49.7 Å². The maximum absolute atomic E-state index is 6.62. The second-order valence-electron chi connectivity index (χ2n) is 5.87. The molecule has 0 heterocycles. The zero-order valence-electron chi connectivity index (χ0n) is 13.5. The Morgan fingerprint density at radius 1 is 0.682 bits per heavy atom. The Labute approximate surface area is 155 Å². The molecule has 0 atom stereocenters. The summed E-state index contributed by atoms with van der Waals surface area (Å²) >= 11 is 26.5. The minimum absolute atomic E-state index is 0.708. The monoisotopic (exact) mass is 382 g/mol. The SMILES string of the molecule is CCCCCC(Cl)(Cl)c1ccccc1C(Cl)(Cl)CCCCC. The van der Waals surface area contributed by atoms with Gasteiger partial charge in [0.05, 0.1) is 0 Å². The van der Waals surface area contributed by atoms with Crippen LogP contribution in [0.15, 0.2) is 24.3 Å². The molecule has 0 aliphatic carbocycles. The first-order chi connectivity index (χ1) is 10.3. The van der Waals surface area contributed by atoms with Crippen molar-refractivity contribution in [2.24, 2.45) is 0 Å². The van der Waals surface area contributed by atoms with E-state index in [1.807, 2.05) is 24.3 Å². The lowest BCUT2D eigenvalue weighted by Crippen LogP contribution is -2.20. The van der Waals surface area contributed by atoms with Gasteiger partial charge in [-0.25, -0.2) is 0 Å². The fourth-order valence-corrected chi connectivity index (χ4v) is 3.78. The molecule has 4 heteroatoms. The van der Waals surface area contributed by atoms with Gasteiger partial charge in [-0.1, -0.05) is 123 Å². The predicted octanol–water partition coefficient (Wildman–Crippen LogP) is 8.11. The van der Waals surface area contributed by atoms with Crippen LogP contribution in [-0.4, -0.2) is 0 Å². The van der Waals surface area contributed by atoms with E-state index in [1.165, 1.54) is 0 Å². The highest BCUT2D eigenvalue weighted by atomic mass is 35.5. The molecule has 1 aromatic rings. The molecule has 0 aliphatic rings. The summed E-state index contributed by atoms with van der Waals surface area (Å²) < 4.78 is -1.88. The highest BCUT2D eigenvalue weighted by molar-refractivity contribution is 6.50. The molecule has 1 aromatic carbocycles. The normalized spacial score (nSPS) is 12.6. The fourth-order valence-electron chi connectivity index (χ4n) is 2.58. The van der Waals surface area contributed by atoms with Crippen LogP contribution in [0, 0.1) is 0 Å². The molecule has 0 radical (unpaired) electrons. The molecule has 0 saturated carbocycles. The zero-order valence-corrected chi connectivity index (χ0v) is 16.5. The molecule has 0 saturated heterocycles. The Morgan fingerprint density at radius 2 is 1.05 bits per heavy atom. The smallest absolute Gasteiger partial charge is 0.0963 e. The third kappa shape index (κ3) is 6.11. The van der Waals surface area contributed by atoms with Crippen LogP contribution >= 0.6 is 46.4 Å². The Balaban J connectivity index is 2.97. The largest absolute Gasteiger partial charge is 0.143 e. The standard InChI is InChI=1S/C18H26Cl4/c1-3-5-9-13-17(19,20)15-11-7-8-12-16(15)18(21,22)14-10-6-4-2/h7-8,11-12H,3-6,9-10,13-14H2,1-2H3. The van der Waals surface area contributed by atoms with Gasteiger partial charge in [0.2, 0.25) is 0 Å². The maximum atomic E-state index is 6.62. The molecule has 22 heavy (non-hydrogen) atoms. The van der Waals surface area contributed by atoms with Gasteiger partial charge in [-0.3, -0.25) is 0 Å². The first-order valence-electron chi connectivity index (χ1n) is 8.20. The summed E-state index contributed by atoms with van der Waals surface area (Å²) in [6.07, 6.45) is 7.91. The lowest BCUT2D eigenvalue weighted by molar-refractivity contribution is 0.600. The van der Waals surface area contributed by atoms with E-state index in [9.17, 15) is 0 Å². The number of hydrogen-bond acceptors (Lipinski definition) is 0. The summed E-state index contributed by atoms with van der Waals surface area (Å²) in [5, 5.41) is 0. The van der Waals surface area contributed by atoms with Crippen molar-refractivity contribution in [3.63, 3.8) is 0 Å². The number of benzene rings is 1. The maximum Gasteiger partial charge on any atom is 0.143 e. The molecule has 1 rings (SSSR count). The van der Waals surface area contributed by atoms with Crippen molar-refractivity contribution in [3.8, 4) is 0 Å². The summed E-state index contributed by atoms with van der Waals surface area (Å²) in [6.45, 7) is 4.32. The Hall–Kier alpha value is 0.380. The van der Waals surface area contributed by atoms with Gasteiger partial charge in [-0.05, 0) is 24.0 Å². The van der Waals surface area contributed by atoms with Crippen molar-refractivity contribution in [2.45, 2.75) is 73.9 Å². The van der Waals surface area contributed by atoms with Gasteiger partial charge in [0.1, 0.15) is 8.67 Å². The van der Waals surface area contributed by atoms with Crippen LogP contribution in [0.4, 0.5) is 0 Å². The molecule has 0 N–H and O–H groups in total. The minimum Gasteiger partial charge on any atom is -0.0963 e. The number of alkyl halides is 4. The van der Waals surface area contributed by atoms with Gasteiger partial charge in [-0.2, -0.15) is 0 Å². The van der Waals surface area contributed by atoms with Crippen molar-refractivity contribution in [1.29, 1.82) is 0 Å². The highest BCUT2D eigenvalue weighted by Gasteiger charge is 2.36. The van der Waals surface area contributed by atoms with E-state index >= 15 is 0 Å². The van der Waals surface area contributed by atoms with Crippen LogP contribution in [0.3, 0.4) is 0 Å². The molecule has 0 amide bonds. The van der Waals surface area contributed by atoms with Crippen molar-refractivity contribution in [1.82, 2.24) is 0 Å². The van der Waals surface area contributed by atoms with Crippen molar-refractivity contribution < 1.29 is 0 Å². The third-order valence-corrected chi connectivity index (χ3v) is 5.47. The van der Waals surface area contributed by atoms with E-state index in [1.54, 1.807) is 0 Å². The van der Waals surface area contributed by atoms with Crippen LogP contribution < -0.4 is 0 Å². The Kier molecular flexibility index (Phi) is 8.93. The van der Waals surface area contributed by atoms with Crippen molar-refractivity contribution in [2.75, 3.05) is 0 Å². The molecule has 0 unspecified atom stereocenters. The molecule has 0 bridgehead atoms. The zero-order chi connectivity index (χ0) is 16.6. The topological polar surface area (TPSA) is 0 Å². The number of rotatable bonds is 10.